The molecule has 0 N–H and O–H groups in total. The molecule has 0 aliphatic heterocycles. The highest BCUT2D eigenvalue weighted by atomic mass is 35.5. The highest BCUT2D eigenvalue weighted by Gasteiger charge is 2.12. The van der Waals surface area contributed by atoms with E-state index in [1.807, 2.05) is 18.2 Å². The Morgan fingerprint density at radius 1 is 1.41 bits per heavy atom. The number of alkyl halides is 1. The lowest BCUT2D eigenvalue weighted by atomic mass is 10.3. The van der Waals surface area contributed by atoms with Gasteiger partial charge in [0.2, 0.25) is 0 Å². The van der Waals surface area contributed by atoms with Crippen molar-refractivity contribution in [3.8, 4) is 0 Å². The topological polar surface area (TPSA) is 27.1 Å². The van der Waals surface area contributed by atoms with Crippen LogP contribution in [-0.4, -0.2) is 29.1 Å². The van der Waals surface area contributed by atoms with Crippen LogP contribution in [0.15, 0.2) is 18.2 Å². The van der Waals surface area contributed by atoms with Crippen molar-refractivity contribution >= 4 is 34.2 Å². The lowest BCUT2D eigenvalue weighted by Gasteiger charge is -2.08. The van der Waals surface area contributed by atoms with E-state index in [4.69, 9.17) is 27.9 Å². The Bertz CT molecular complexity index is 510. The Labute approximate surface area is 110 Å². The average Bonchev–Trinajstić information content (AvgIpc) is 2.66. The number of hydrogen-bond donors (Lipinski definition) is 0. The molecular weight excluding hydrogens is 259 g/mol. The van der Waals surface area contributed by atoms with Gasteiger partial charge in [-0.1, -0.05) is 17.7 Å². The first-order chi connectivity index (χ1) is 8.27. The van der Waals surface area contributed by atoms with Crippen molar-refractivity contribution in [2.45, 2.75) is 13.0 Å². The summed E-state index contributed by atoms with van der Waals surface area (Å²) in [6, 6.07) is 5.74. The zero-order valence-corrected chi connectivity index (χ0v) is 11.1. The predicted molar refractivity (Wildman–Crippen MR) is 71.0 cm³/mol. The van der Waals surface area contributed by atoms with Crippen molar-refractivity contribution in [3.05, 3.63) is 29.0 Å². The van der Waals surface area contributed by atoms with Gasteiger partial charge in [0.25, 0.3) is 0 Å². The molecule has 1 aromatic carbocycles. The van der Waals surface area contributed by atoms with Crippen molar-refractivity contribution in [1.82, 2.24) is 9.55 Å². The summed E-state index contributed by atoms with van der Waals surface area (Å²) < 4.78 is 7.20. The maximum absolute atomic E-state index is 6.22. The zero-order chi connectivity index (χ0) is 12.3. The Morgan fingerprint density at radius 2 is 2.24 bits per heavy atom. The van der Waals surface area contributed by atoms with E-state index in [9.17, 15) is 0 Å². The summed E-state index contributed by atoms with van der Waals surface area (Å²) in [5, 5.41) is 0.715. The normalized spacial score (nSPS) is 11.2. The minimum Gasteiger partial charge on any atom is -0.383 e. The molecule has 0 unspecified atom stereocenters. The Balaban J connectivity index is 2.52. The number of benzene rings is 1. The number of halogens is 2. The molecule has 1 heterocycles. The van der Waals surface area contributed by atoms with Crippen LogP contribution >= 0.6 is 23.2 Å². The molecular formula is C12H14Cl2N2O. The minimum atomic E-state index is 0.550. The van der Waals surface area contributed by atoms with Crippen molar-refractivity contribution in [1.29, 1.82) is 0 Å². The van der Waals surface area contributed by atoms with E-state index in [1.54, 1.807) is 7.11 Å². The van der Waals surface area contributed by atoms with Crippen molar-refractivity contribution in [3.63, 3.8) is 0 Å². The third-order valence-electron chi connectivity index (χ3n) is 2.63. The molecule has 0 radical (unpaired) electrons. The number of para-hydroxylation sites is 1. The molecule has 0 saturated carbocycles. The fraction of sp³-hybridized carbons (Fsp3) is 0.417. The van der Waals surface area contributed by atoms with E-state index in [-0.39, 0.29) is 0 Å². The Hall–Kier alpha value is -0.770. The molecule has 1 aromatic heterocycles. The van der Waals surface area contributed by atoms with Crippen LogP contribution in [0.3, 0.4) is 0 Å². The van der Waals surface area contributed by atoms with E-state index in [0.717, 1.165) is 29.8 Å². The highest BCUT2D eigenvalue weighted by molar-refractivity contribution is 6.35. The van der Waals surface area contributed by atoms with Crippen LogP contribution in [0.1, 0.15) is 5.82 Å². The molecule has 0 atom stereocenters. The number of ether oxygens (including phenoxy) is 1. The molecule has 2 rings (SSSR count). The first kappa shape index (κ1) is 12.7. The summed E-state index contributed by atoms with van der Waals surface area (Å²) in [7, 11) is 1.68. The van der Waals surface area contributed by atoms with Gasteiger partial charge < -0.3 is 9.30 Å². The van der Waals surface area contributed by atoms with Gasteiger partial charge in [-0.25, -0.2) is 4.98 Å². The first-order valence-corrected chi connectivity index (χ1v) is 6.37. The number of methoxy groups -OCH3 is 1. The monoisotopic (exact) mass is 272 g/mol. The average molecular weight is 273 g/mol. The fourth-order valence-corrected chi connectivity index (χ4v) is 2.33. The Kier molecular flexibility index (Phi) is 4.26. The van der Waals surface area contributed by atoms with Crippen LogP contribution in [0.25, 0.3) is 11.0 Å². The molecule has 17 heavy (non-hydrogen) atoms. The second kappa shape index (κ2) is 5.71. The highest BCUT2D eigenvalue weighted by Crippen LogP contribution is 2.24. The van der Waals surface area contributed by atoms with Gasteiger partial charge in [0, 0.05) is 26.0 Å². The predicted octanol–water partition coefficient (Wildman–Crippen LogP) is 3.12. The lowest BCUT2D eigenvalue weighted by Crippen LogP contribution is -2.09. The van der Waals surface area contributed by atoms with E-state index in [2.05, 4.69) is 9.55 Å². The standard InChI is InChI=1S/C12H14Cl2N2O/c1-17-8-7-16-11(5-6-13)15-10-4-2-3-9(14)12(10)16/h2-4H,5-8H2,1H3. The quantitative estimate of drug-likeness (QED) is 0.783. The second-order valence-corrected chi connectivity index (χ2v) is 4.50. The minimum absolute atomic E-state index is 0.550. The molecule has 0 aliphatic rings. The van der Waals surface area contributed by atoms with Crippen LogP contribution in [0.4, 0.5) is 0 Å². The Morgan fingerprint density at radius 3 is 2.94 bits per heavy atom. The third kappa shape index (κ3) is 2.57. The number of rotatable bonds is 5. The molecule has 5 heteroatoms. The molecule has 0 bridgehead atoms. The maximum atomic E-state index is 6.22. The summed E-state index contributed by atoms with van der Waals surface area (Å²) in [5.41, 5.74) is 1.88. The second-order valence-electron chi connectivity index (χ2n) is 3.72. The maximum Gasteiger partial charge on any atom is 0.111 e. The largest absolute Gasteiger partial charge is 0.383 e. The number of aryl methyl sites for hydroxylation is 1. The summed E-state index contributed by atoms with van der Waals surface area (Å²) >= 11 is 12.0. The molecule has 0 fully saturated rings. The van der Waals surface area contributed by atoms with E-state index in [1.165, 1.54) is 0 Å². The van der Waals surface area contributed by atoms with Crippen molar-refractivity contribution in [2.75, 3.05) is 19.6 Å². The van der Waals surface area contributed by atoms with E-state index >= 15 is 0 Å². The number of aromatic nitrogens is 2. The summed E-state index contributed by atoms with van der Waals surface area (Å²) in [6.07, 6.45) is 0.732. The van der Waals surface area contributed by atoms with Crippen LogP contribution in [-0.2, 0) is 17.7 Å². The van der Waals surface area contributed by atoms with Gasteiger partial charge in [-0.15, -0.1) is 11.6 Å². The summed E-state index contributed by atoms with van der Waals surface area (Å²) in [5.74, 6) is 1.51. The SMILES string of the molecule is COCCn1c(CCCl)nc2cccc(Cl)c21. The van der Waals surface area contributed by atoms with Gasteiger partial charge in [0.15, 0.2) is 0 Å². The molecule has 0 saturated heterocycles. The fourth-order valence-electron chi connectivity index (χ4n) is 1.89. The number of nitrogens with zero attached hydrogens (tertiary/aromatic N) is 2. The van der Waals surface area contributed by atoms with Gasteiger partial charge in [-0.2, -0.15) is 0 Å². The van der Waals surface area contributed by atoms with Crippen LogP contribution in [0.5, 0.6) is 0 Å². The van der Waals surface area contributed by atoms with Gasteiger partial charge in [-0.3, -0.25) is 0 Å². The molecule has 2 aromatic rings. The third-order valence-corrected chi connectivity index (χ3v) is 3.13. The molecule has 0 spiro atoms. The number of imidazole rings is 1. The number of hydrogen-bond acceptors (Lipinski definition) is 2. The van der Waals surface area contributed by atoms with Gasteiger partial charge in [0.05, 0.1) is 22.7 Å². The molecule has 92 valence electrons. The summed E-state index contributed by atoms with van der Waals surface area (Å²) in [4.78, 5) is 4.55. The molecule has 0 amide bonds. The van der Waals surface area contributed by atoms with Crippen molar-refractivity contribution in [2.24, 2.45) is 0 Å². The van der Waals surface area contributed by atoms with Gasteiger partial charge in [-0.05, 0) is 12.1 Å². The van der Waals surface area contributed by atoms with Gasteiger partial charge >= 0.3 is 0 Å². The van der Waals surface area contributed by atoms with Crippen LogP contribution in [0, 0.1) is 0 Å². The van der Waals surface area contributed by atoms with Crippen LogP contribution < -0.4 is 0 Å². The van der Waals surface area contributed by atoms with E-state index < -0.39 is 0 Å². The molecule has 0 aliphatic carbocycles. The smallest absolute Gasteiger partial charge is 0.111 e. The lowest BCUT2D eigenvalue weighted by molar-refractivity contribution is 0.187. The van der Waals surface area contributed by atoms with Crippen molar-refractivity contribution < 1.29 is 4.74 Å². The molecule has 3 nitrogen and oxygen atoms in total. The first-order valence-electron chi connectivity index (χ1n) is 5.46. The number of fused-ring (bicyclic) bond motifs is 1. The zero-order valence-electron chi connectivity index (χ0n) is 9.62. The summed E-state index contributed by atoms with van der Waals surface area (Å²) in [6.45, 7) is 1.37. The van der Waals surface area contributed by atoms with Crippen LogP contribution in [0.2, 0.25) is 5.02 Å². The van der Waals surface area contributed by atoms with Gasteiger partial charge in [0.1, 0.15) is 5.82 Å². The van der Waals surface area contributed by atoms with E-state index in [0.29, 0.717) is 17.5 Å².